The molecule has 1 heterocycles. The van der Waals surface area contributed by atoms with Gasteiger partial charge in [-0.1, -0.05) is 0 Å². The molecule has 1 amide bonds. The van der Waals surface area contributed by atoms with Crippen LogP contribution in [0.4, 0.5) is 0 Å². The van der Waals surface area contributed by atoms with Crippen molar-refractivity contribution >= 4 is 11.9 Å². The Hall–Kier alpha value is -1.10. The molecule has 5 heteroatoms. The van der Waals surface area contributed by atoms with Crippen LogP contribution >= 0.6 is 0 Å². The van der Waals surface area contributed by atoms with Crippen molar-refractivity contribution in [3.63, 3.8) is 0 Å². The summed E-state index contributed by atoms with van der Waals surface area (Å²) < 4.78 is 0. The Morgan fingerprint density at radius 2 is 2.06 bits per heavy atom. The van der Waals surface area contributed by atoms with Crippen molar-refractivity contribution in [2.24, 2.45) is 5.92 Å². The zero-order valence-electron chi connectivity index (χ0n) is 10.2. The van der Waals surface area contributed by atoms with Crippen molar-refractivity contribution in [2.75, 3.05) is 6.54 Å². The molecule has 0 aromatic heterocycles. The van der Waals surface area contributed by atoms with Crippen molar-refractivity contribution in [3.8, 4) is 0 Å². The summed E-state index contributed by atoms with van der Waals surface area (Å²) in [7, 11) is 0. The predicted octanol–water partition coefficient (Wildman–Crippen LogP) is 0.498. The van der Waals surface area contributed by atoms with E-state index in [0.29, 0.717) is 18.9 Å². The number of hydrogen-bond acceptors (Lipinski definition) is 3. The first-order valence-electron chi connectivity index (χ1n) is 6.28. The van der Waals surface area contributed by atoms with Crippen LogP contribution in [0.1, 0.15) is 39.0 Å². The number of nitrogens with one attached hydrogen (secondary N) is 2. The maximum Gasteiger partial charge on any atom is 0.320 e. The molecular weight excluding hydrogens is 220 g/mol. The van der Waals surface area contributed by atoms with E-state index >= 15 is 0 Å². The van der Waals surface area contributed by atoms with E-state index in [4.69, 9.17) is 5.11 Å². The molecule has 1 aliphatic carbocycles. The standard InChI is InChI=1S/C12H20N2O3/c1-8(15)14-12(5-2-6-12)9-3-4-10(11(16)17)13-7-9/h9-10,13H,2-7H2,1H3,(H,14,15)(H,16,17). The molecule has 96 valence electrons. The van der Waals surface area contributed by atoms with Gasteiger partial charge in [-0.05, 0) is 38.0 Å². The molecule has 2 rings (SSSR count). The molecule has 1 aliphatic heterocycles. The molecule has 5 nitrogen and oxygen atoms in total. The first-order valence-corrected chi connectivity index (χ1v) is 6.28. The first-order chi connectivity index (χ1) is 8.03. The zero-order chi connectivity index (χ0) is 12.5. The average molecular weight is 240 g/mol. The van der Waals surface area contributed by atoms with E-state index in [2.05, 4.69) is 10.6 Å². The van der Waals surface area contributed by atoms with Crippen molar-refractivity contribution in [2.45, 2.75) is 50.6 Å². The highest BCUT2D eigenvalue weighted by Gasteiger charge is 2.46. The molecule has 0 aromatic carbocycles. The highest BCUT2D eigenvalue weighted by Crippen LogP contribution is 2.41. The molecule has 2 aliphatic rings. The lowest BCUT2D eigenvalue weighted by molar-refractivity contribution is -0.141. The molecule has 3 N–H and O–H groups in total. The summed E-state index contributed by atoms with van der Waals surface area (Å²) in [5.74, 6) is -0.383. The largest absolute Gasteiger partial charge is 0.480 e. The van der Waals surface area contributed by atoms with Crippen LogP contribution < -0.4 is 10.6 Å². The van der Waals surface area contributed by atoms with E-state index in [-0.39, 0.29) is 11.4 Å². The lowest BCUT2D eigenvalue weighted by Crippen LogP contribution is -2.62. The fourth-order valence-corrected chi connectivity index (χ4v) is 3.08. The van der Waals surface area contributed by atoms with Crippen LogP contribution in [0.25, 0.3) is 0 Å². The van der Waals surface area contributed by atoms with E-state index in [0.717, 1.165) is 25.7 Å². The van der Waals surface area contributed by atoms with Crippen molar-refractivity contribution in [1.29, 1.82) is 0 Å². The number of carbonyl (C=O) groups excluding carboxylic acids is 1. The van der Waals surface area contributed by atoms with Gasteiger partial charge in [0.2, 0.25) is 5.91 Å². The fraction of sp³-hybridized carbons (Fsp3) is 0.833. The predicted molar refractivity (Wildman–Crippen MR) is 62.5 cm³/mol. The fourth-order valence-electron chi connectivity index (χ4n) is 3.08. The number of rotatable bonds is 3. The van der Waals surface area contributed by atoms with E-state index in [9.17, 15) is 9.59 Å². The van der Waals surface area contributed by atoms with Gasteiger partial charge in [0.25, 0.3) is 0 Å². The van der Waals surface area contributed by atoms with Crippen LogP contribution in [0.3, 0.4) is 0 Å². The van der Waals surface area contributed by atoms with Gasteiger partial charge in [0.05, 0.1) is 0 Å². The smallest absolute Gasteiger partial charge is 0.320 e. The summed E-state index contributed by atoms with van der Waals surface area (Å²) in [6.07, 6.45) is 4.73. The number of carbonyl (C=O) groups is 2. The van der Waals surface area contributed by atoms with Gasteiger partial charge in [-0.2, -0.15) is 0 Å². The van der Waals surface area contributed by atoms with Gasteiger partial charge < -0.3 is 15.7 Å². The van der Waals surface area contributed by atoms with Gasteiger partial charge in [-0.25, -0.2) is 0 Å². The van der Waals surface area contributed by atoms with Gasteiger partial charge >= 0.3 is 5.97 Å². The Labute approximate surface area is 101 Å². The van der Waals surface area contributed by atoms with Gasteiger partial charge in [-0.15, -0.1) is 0 Å². The SMILES string of the molecule is CC(=O)NC1(C2CCC(C(=O)O)NC2)CCC1. The first kappa shape index (κ1) is 12.4. The third-order valence-electron chi connectivity index (χ3n) is 4.16. The zero-order valence-corrected chi connectivity index (χ0v) is 10.2. The van der Waals surface area contributed by atoms with Crippen LogP contribution in [0.5, 0.6) is 0 Å². The molecule has 1 saturated heterocycles. The maximum absolute atomic E-state index is 11.2. The van der Waals surface area contributed by atoms with Gasteiger partial charge in [0, 0.05) is 19.0 Å². The quantitative estimate of drug-likeness (QED) is 0.671. The van der Waals surface area contributed by atoms with Crippen LogP contribution in [-0.2, 0) is 9.59 Å². The Morgan fingerprint density at radius 1 is 1.35 bits per heavy atom. The summed E-state index contributed by atoms with van der Waals surface area (Å²) >= 11 is 0. The Kier molecular flexibility index (Phi) is 3.38. The molecule has 2 fully saturated rings. The van der Waals surface area contributed by atoms with Crippen LogP contribution in [0.2, 0.25) is 0 Å². The average Bonchev–Trinajstić information content (AvgIpc) is 2.23. The van der Waals surface area contributed by atoms with E-state index in [1.807, 2.05) is 0 Å². The second-order valence-electron chi connectivity index (χ2n) is 5.26. The molecular formula is C12H20N2O3. The minimum atomic E-state index is -0.773. The van der Waals surface area contributed by atoms with Crippen molar-refractivity contribution in [3.05, 3.63) is 0 Å². The summed E-state index contributed by atoms with van der Waals surface area (Å²) in [5.41, 5.74) is -0.0672. The number of amides is 1. The summed E-state index contributed by atoms with van der Waals surface area (Å²) in [6.45, 7) is 2.24. The molecule has 2 unspecified atom stereocenters. The Morgan fingerprint density at radius 3 is 2.41 bits per heavy atom. The number of hydrogen-bond donors (Lipinski definition) is 3. The Bertz CT molecular complexity index is 318. The second-order valence-corrected chi connectivity index (χ2v) is 5.26. The highest BCUT2D eigenvalue weighted by molar-refractivity contribution is 5.74. The molecule has 2 atom stereocenters. The van der Waals surface area contributed by atoms with Crippen LogP contribution in [0, 0.1) is 5.92 Å². The summed E-state index contributed by atoms with van der Waals surface area (Å²) in [4.78, 5) is 22.1. The van der Waals surface area contributed by atoms with E-state index in [1.165, 1.54) is 0 Å². The van der Waals surface area contributed by atoms with Gasteiger partial charge in [0.15, 0.2) is 0 Å². The molecule has 0 aromatic rings. The van der Waals surface area contributed by atoms with Gasteiger partial charge in [0.1, 0.15) is 6.04 Å². The minimum Gasteiger partial charge on any atom is -0.480 e. The number of carboxylic acids is 1. The van der Waals surface area contributed by atoms with Crippen molar-refractivity contribution in [1.82, 2.24) is 10.6 Å². The third-order valence-corrected chi connectivity index (χ3v) is 4.16. The number of aliphatic carboxylic acids is 1. The molecule has 0 radical (unpaired) electrons. The molecule has 17 heavy (non-hydrogen) atoms. The topological polar surface area (TPSA) is 78.4 Å². The van der Waals surface area contributed by atoms with Crippen LogP contribution in [0.15, 0.2) is 0 Å². The monoisotopic (exact) mass is 240 g/mol. The third kappa shape index (κ3) is 2.44. The van der Waals surface area contributed by atoms with Crippen LogP contribution in [-0.4, -0.2) is 35.1 Å². The van der Waals surface area contributed by atoms with E-state index < -0.39 is 12.0 Å². The van der Waals surface area contributed by atoms with E-state index in [1.54, 1.807) is 6.92 Å². The Balaban J connectivity index is 1.94. The highest BCUT2D eigenvalue weighted by atomic mass is 16.4. The normalized spacial score (nSPS) is 31.4. The molecule has 0 bridgehead atoms. The lowest BCUT2D eigenvalue weighted by Gasteiger charge is -2.50. The maximum atomic E-state index is 11.2. The summed E-state index contributed by atoms with van der Waals surface area (Å²) in [5, 5.41) is 15.1. The second kappa shape index (κ2) is 4.64. The lowest BCUT2D eigenvalue weighted by atomic mass is 9.65. The number of piperidine rings is 1. The number of carboxylic acid groups (broad SMARTS) is 1. The molecule has 1 saturated carbocycles. The minimum absolute atomic E-state index is 0.0186. The van der Waals surface area contributed by atoms with Gasteiger partial charge in [-0.3, -0.25) is 9.59 Å². The summed E-state index contributed by atoms with van der Waals surface area (Å²) in [6, 6.07) is -0.416. The van der Waals surface area contributed by atoms with Crippen molar-refractivity contribution < 1.29 is 14.7 Å². The molecule has 0 spiro atoms.